The van der Waals surface area contributed by atoms with Gasteiger partial charge in [-0.2, -0.15) is 0 Å². The predicted molar refractivity (Wildman–Crippen MR) is 59.2 cm³/mol. The summed E-state index contributed by atoms with van der Waals surface area (Å²) < 4.78 is 0. The highest BCUT2D eigenvalue weighted by molar-refractivity contribution is 5.74. The van der Waals surface area contributed by atoms with Crippen molar-refractivity contribution in [2.24, 2.45) is 5.92 Å². The lowest BCUT2D eigenvalue weighted by Crippen LogP contribution is -2.20. The molecule has 15 heavy (non-hydrogen) atoms. The normalized spacial score (nSPS) is 20.5. The van der Waals surface area contributed by atoms with Gasteiger partial charge < -0.3 is 10.4 Å². The molecule has 0 saturated heterocycles. The summed E-state index contributed by atoms with van der Waals surface area (Å²) in [5.74, 6) is -0.964. The molecule has 1 aliphatic heterocycles. The number of benzene rings is 1. The molecule has 3 heteroatoms. The number of aliphatic carboxylic acids is 1. The molecule has 2 rings (SSSR count). The zero-order chi connectivity index (χ0) is 11.0. The first-order valence-electron chi connectivity index (χ1n) is 5.17. The van der Waals surface area contributed by atoms with E-state index in [1.807, 2.05) is 25.1 Å². The van der Waals surface area contributed by atoms with E-state index in [4.69, 9.17) is 5.11 Å². The van der Waals surface area contributed by atoms with E-state index in [2.05, 4.69) is 5.32 Å². The van der Waals surface area contributed by atoms with Crippen molar-refractivity contribution in [2.45, 2.75) is 19.8 Å². The van der Waals surface area contributed by atoms with E-state index in [-0.39, 0.29) is 11.8 Å². The van der Waals surface area contributed by atoms with Gasteiger partial charge in [0, 0.05) is 18.2 Å². The summed E-state index contributed by atoms with van der Waals surface area (Å²) in [4.78, 5) is 11.0. The summed E-state index contributed by atoms with van der Waals surface area (Å²) in [6.45, 7) is 4.54. The summed E-state index contributed by atoms with van der Waals surface area (Å²) >= 11 is 0. The van der Waals surface area contributed by atoms with Gasteiger partial charge in [0.15, 0.2) is 0 Å². The molecule has 2 N–H and O–H groups in total. The minimum absolute atomic E-state index is 0.0948. The quantitative estimate of drug-likeness (QED) is 0.778. The maximum Gasteiger partial charge on any atom is 0.306 e. The Labute approximate surface area is 89.1 Å². The first-order chi connectivity index (χ1) is 7.11. The summed E-state index contributed by atoms with van der Waals surface area (Å²) in [5.41, 5.74) is 3.45. The molecule has 0 bridgehead atoms. The van der Waals surface area contributed by atoms with Crippen LogP contribution in [0.25, 0.3) is 0 Å². The van der Waals surface area contributed by atoms with Crippen molar-refractivity contribution in [3.8, 4) is 0 Å². The number of anilines is 1. The van der Waals surface area contributed by atoms with Crippen molar-refractivity contribution >= 4 is 11.7 Å². The Morgan fingerprint density at radius 1 is 1.60 bits per heavy atom. The number of hydrogen-bond donors (Lipinski definition) is 2. The lowest BCUT2D eigenvalue weighted by Gasteiger charge is -2.14. The van der Waals surface area contributed by atoms with Crippen LogP contribution in [0.2, 0.25) is 0 Å². The topological polar surface area (TPSA) is 49.3 Å². The molecule has 0 fully saturated rings. The number of carbonyl (C=O) groups is 1. The lowest BCUT2D eigenvalue weighted by atomic mass is 9.88. The van der Waals surface area contributed by atoms with Gasteiger partial charge in [0.1, 0.15) is 0 Å². The Morgan fingerprint density at radius 3 is 3.00 bits per heavy atom. The fraction of sp³-hybridized carbons (Fsp3) is 0.417. The van der Waals surface area contributed by atoms with E-state index in [1.165, 1.54) is 5.56 Å². The van der Waals surface area contributed by atoms with E-state index in [0.29, 0.717) is 0 Å². The van der Waals surface area contributed by atoms with E-state index in [1.54, 1.807) is 6.92 Å². The molecule has 0 aromatic heterocycles. The fourth-order valence-corrected chi connectivity index (χ4v) is 2.18. The van der Waals surface area contributed by atoms with Crippen LogP contribution in [0, 0.1) is 12.8 Å². The molecule has 2 atom stereocenters. The maximum absolute atomic E-state index is 11.0. The van der Waals surface area contributed by atoms with Crippen molar-refractivity contribution < 1.29 is 9.90 Å². The monoisotopic (exact) mass is 205 g/mol. The highest BCUT2D eigenvalue weighted by Gasteiger charge is 2.31. The van der Waals surface area contributed by atoms with Crippen molar-refractivity contribution in [1.29, 1.82) is 0 Å². The average molecular weight is 205 g/mol. The number of aryl methyl sites for hydroxylation is 1. The van der Waals surface area contributed by atoms with E-state index >= 15 is 0 Å². The van der Waals surface area contributed by atoms with Crippen LogP contribution in [-0.2, 0) is 4.79 Å². The number of rotatable bonds is 2. The van der Waals surface area contributed by atoms with Crippen LogP contribution < -0.4 is 5.32 Å². The van der Waals surface area contributed by atoms with E-state index < -0.39 is 5.97 Å². The highest BCUT2D eigenvalue weighted by Crippen LogP contribution is 2.38. The number of carboxylic acids is 1. The van der Waals surface area contributed by atoms with Crippen molar-refractivity contribution in [3.05, 3.63) is 29.3 Å². The second kappa shape index (κ2) is 3.57. The van der Waals surface area contributed by atoms with Gasteiger partial charge in [-0.25, -0.2) is 0 Å². The molecular weight excluding hydrogens is 190 g/mol. The van der Waals surface area contributed by atoms with Crippen molar-refractivity contribution in [2.75, 3.05) is 11.9 Å². The minimum Gasteiger partial charge on any atom is -0.481 e. The van der Waals surface area contributed by atoms with Gasteiger partial charge in [0.25, 0.3) is 0 Å². The maximum atomic E-state index is 11.0. The van der Waals surface area contributed by atoms with Gasteiger partial charge in [0.2, 0.25) is 0 Å². The molecule has 1 aromatic carbocycles. The largest absolute Gasteiger partial charge is 0.481 e. The SMILES string of the molecule is Cc1cccc2c1NCC2C(C)C(=O)O. The predicted octanol–water partition coefficient (Wildman–Crippen LogP) is 2.22. The molecule has 1 aliphatic rings. The van der Waals surface area contributed by atoms with E-state index in [9.17, 15) is 4.79 Å². The van der Waals surface area contributed by atoms with Crippen LogP contribution in [0.5, 0.6) is 0 Å². The Kier molecular flexibility index (Phi) is 2.39. The zero-order valence-corrected chi connectivity index (χ0v) is 8.95. The standard InChI is InChI=1S/C12H15NO2/c1-7-4-3-5-9-10(6-13-11(7)9)8(2)12(14)15/h3-5,8,10,13H,6H2,1-2H3,(H,14,15). The van der Waals surface area contributed by atoms with Crippen LogP contribution >= 0.6 is 0 Å². The van der Waals surface area contributed by atoms with Crippen molar-refractivity contribution in [1.82, 2.24) is 0 Å². The summed E-state index contributed by atoms with van der Waals surface area (Å²) in [6.07, 6.45) is 0. The molecule has 80 valence electrons. The smallest absolute Gasteiger partial charge is 0.306 e. The summed E-state index contributed by atoms with van der Waals surface area (Å²) in [7, 11) is 0. The molecule has 0 amide bonds. The molecule has 2 unspecified atom stereocenters. The number of fused-ring (bicyclic) bond motifs is 1. The van der Waals surface area contributed by atoms with E-state index in [0.717, 1.165) is 17.8 Å². The van der Waals surface area contributed by atoms with Crippen LogP contribution in [0.15, 0.2) is 18.2 Å². The van der Waals surface area contributed by atoms with Gasteiger partial charge in [-0.3, -0.25) is 4.79 Å². The van der Waals surface area contributed by atoms with Crippen LogP contribution in [0.3, 0.4) is 0 Å². The first kappa shape index (κ1) is 10.0. The van der Waals surface area contributed by atoms with Gasteiger partial charge in [0.05, 0.1) is 5.92 Å². The molecule has 3 nitrogen and oxygen atoms in total. The van der Waals surface area contributed by atoms with Crippen molar-refractivity contribution in [3.63, 3.8) is 0 Å². The molecule has 0 saturated carbocycles. The Hall–Kier alpha value is -1.51. The summed E-state index contributed by atoms with van der Waals surface area (Å²) in [5, 5.41) is 12.3. The number of hydrogen-bond acceptors (Lipinski definition) is 2. The fourth-order valence-electron chi connectivity index (χ4n) is 2.18. The highest BCUT2D eigenvalue weighted by atomic mass is 16.4. The second-order valence-electron chi connectivity index (χ2n) is 4.15. The average Bonchev–Trinajstić information content (AvgIpc) is 2.61. The third kappa shape index (κ3) is 1.58. The van der Waals surface area contributed by atoms with Crippen LogP contribution in [-0.4, -0.2) is 17.6 Å². The van der Waals surface area contributed by atoms with Gasteiger partial charge in [-0.05, 0) is 18.1 Å². The lowest BCUT2D eigenvalue weighted by molar-refractivity contribution is -0.141. The molecule has 0 radical (unpaired) electrons. The first-order valence-corrected chi connectivity index (χ1v) is 5.17. The molecule has 0 aliphatic carbocycles. The summed E-state index contributed by atoms with van der Waals surface area (Å²) in [6, 6.07) is 6.05. The number of para-hydroxylation sites is 1. The molecular formula is C12H15NO2. The molecule has 0 spiro atoms. The van der Waals surface area contributed by atoms with Gasteiger partial charge >= 0.3 is 5.97 Å². The third-order valence-corrected chi connectivity index (χ3v) is 3.20. The van der Waals surface area contributed by atoms with Crippen LogP contribution in [0.4, 0.5) is 5.69 Å². The Bertz CT molecular complexity index is 401. The molecule has 1 heterocycles. The van der Waals surface area contributed by atoms with Crippen LogP contribution in [0.1, 0.15) is 24.0 Å². The number of nitrogens with one attached hydrogen (secondary N) is 1. The molecule has 1 aromatic rings. The van der Waals surface area contributed by atoms with Gasteiger partial charge in [-0.15, -0.1) is 0 Å². The number of carboxylic acid groups (broad SMARTS) is 1. The zero-order valence-electron chi connectivity index (χ0n) is 8.95. The Balaban J connectivity index is 2.37. The third-order valence-electron chi connectivity index (χ3n) is 3.20. The minimum atomic E-state index is -0.726. The van der Waals surface area contributed by atoms with Gasteiger partial charge in [-0.1, -0.05) is 25.1 Å². The Morgan fingerprint density at radius 2 is 2.33 bits per heavy atom. The second-order valence-corrected chi connectivity index (χ2v) is 4.15.